The van der Waals surface area contributed by atoms with Gasteiger partial charge in [0.2, 0.25) is 0 Å². The van der Waals surface area contributed by atoms with E-state index in [0.29, 0.717) is 55.9 Å². The predicted octanol–water partition coefficient (Wildman–Crippen LogP) is 9.05. The molecule has 0 spiro atoms. The van der Waals surface area contributed by atoms with Crippen LogP contribution in [0.3, 0.4) is 0 Å². The second-order valence-corrected chi connectivity index (χ2v) is 11.7. The fourth-order valence-electron chi connectivity index (χ4n) is 6.23. The Labute approximate surface area is 285 Å². The van der Waals surface area contributed by atoms with Gasteiger partial charge in [0, 0.05) is 11.3 Å². The molecule has 0 amide bonds. The first kappa shape index (κ1) is 33.8. The second kappa shape index (κ2) is 14.1. The molecule has 1 aromatic heterocycles. The van der Waals surface area contributed by atoms with E-state index >= 15 is 8.63 Å². The molecular formula is C40H29BF2N6. The zero-order valence-corrected chi connectivity index (χ0v) is 27.6. The van der Waals surface area contributed by atoms with Crippen LogP contribution < -0.4 is 0 Å². The van der Waals surface area contributed by atoms with Crippen molar-refractivity contribution in [2.75, 3.05) is 0 Å². The third kappa shape index (κ3) is 6.52. The number of benzene rings is 3. The number of nitrogens with zero attached hydrogens (tertiary/aromatic N) is 6. The van der Waals surface area contributed by atoms with Gasteiger partial charge in [-0.1, -0.05) is 54.1 Å². The van der Waals surface area contributed by atoms with Gasteiger partial charge in [0.15, 0.2) is 0 Å². The molecule has 0 saturated carbocycles. The van der Waals surface area contributed by atoms with Crippen molar-refractivity contribution in [2.45, 2.75) is 34.6 Å². The quantitative estimate of drug-likeness (QED) is 0.187. The summed E-state index contributed by atoms with van der Waals surface area (Å²) in [6.45, 7) is 9.18. The fraction of sp³-hybridized carbons (Fsp3) is 0.125. The minimum Gasteiger partial charge on any atom is -0.324 e. The lowest BCUT2D eigenvalue weighted by molar-refractivity contribution is 0.627. The van der Waals surface area contributed by atoms with E-state index in [1.165, 1.54) is 6.08 Å². The van der Waals surface area contributed by atoms with E-state index in [2.05, 4.69) is 24.3 Å². The smallest absolute Gasteiger partial charge is 0.324 e. The Balaban J connectivity index is 1.83. The summed E-state index contributed by atoms with van der Waals surface area (Å²) in [5.74, 6) is 0. The summed E-state index contributed by atoms with van der Waals surface area (Å²) in [6, 6.07) is 26.1. The molecule has 3 aromatic carbocycles. The van der Waals surface area contributed by atoms with Gasteiger partial charge in [-0.2, -0.15) is 21.0 Å². The highest BCUT2D eigenvalue weighted by molar-refractivity contribution is 6.42. The van der Waals surface area contributed by atoms with Crippen molar-refractivity contribution in [3.05, 3.63) is 151 Å². The first-order chi connectivity index (χ1) is 23.5. The van der Waals surface area contributed by atoms with Crippen LogP contribution in [-0.2, 0) is 0 Å². The first-order valence-corrected chi connectivity index (χ1v) is 15.4. The zero-order valence-electron chi connectivity index (χ0n) is 27.6. The maximum Gasteiger partial charge on any atom is 0.678 e. The molecule has 49 heavy (non-hydrogen) atoms. The van der Waals surface area contributed by atoms with Crippen LogP contribution in [0, 0.1) is 73.0 Å². The van der Waals surface area contributed by atoms with Crippen molar-refractivity contribution in [3.63, 3.8) is 0 Å². The SMILES string of the molecule is CC1=C(C#N)C(/C=C/c2ccc(C#N)cc2)=NC/1=C(/c1c(C)cc(C)cc1C)c1c(C)c(C#N)c(/C=C/c2ccc(C#N)cc2)n1B(F)F. The Morgan fingerprint density at radius 1 is 0.714 bits per heavy atom. The molecule has 6 nitrogen and oxygen atoms in total. The van der Waals surface area contributed by atoms with Gasteiger partial charge in [-0.05, 0) is 110 Å². The summed E-state index contributed by atoms with van der Waals surface area (Å²) >= 11 is 0. The number of hydrogen-bond acceptors (Lipinski definition) is 5. The fourth-order valence-corrected chi connectivity index (χ4v) is 6.23. The van der Waals surface area contributed by atoms with Gasteiger partial charge in [-0.25, -0.2) is 4.99 Å². The Morgan fingerprint density at radius 3 is 1.71 bits per heavy atom. The molecule has 1 aliphatic heterocycles. The van der Waals surface area contributed by atoms with Crippen molar-refractivity contribution >= 4 is 36.9 Å². The lowest BCUT2D eigenvalue weighted by atomic mass is 9.87. The Bertz CT molecular complexity index is 2300. The molecule has 9 heteroatoms. The highest BCUT2D eigenvalue weighted by Gasteiger charge is 2.34. The van der Waals surface area contributed by atoms with E-state index in [0.717, 1.165) is 26.7 Å². The van der Waals surface area contributed by atoms with Gasteiger partial charge in [0.1, 0.15) is 12.1 Å². The summed E-state index contributed by atoms with van der Waals surface area (Å²) in [5, 5.41) is 38.9. The van der Waals surface area contributed by atoms with Gasteiger partial charge in [-0.3, -0.25) is 8.63 Å². The average molecular weight is 643 g/mol. The van der Waals surface area contributed by atoms with Gasteiger partial charge in [0.25, 0.3) is 0 Å². The number of hydrogen-bond donors (Lipinski definition) is 0. The lowest BCUT2D eigenvalue weighted by Gasteiger charge is -2.20. The standard InChI is InChI=1S/C40H29BF2N6/c1-24-18-25(2)37(26(3)19-24)38(39-27(4)33(22-46)35(48-39)16-14-29-6-10-31(20-44)11-7-29)40-28(5)34(23-47)36(49(40)41(42)43)17-15-30-8-12-32(21-45)13-9-30/h6-19H,1-5H3/b16-14+,17-15+,39-38-. The largest absolute Gasteiger partial charge is 0.678 e. The summed E-state index contributed by atoms with van der Waals surface area (Å²) in [7, 11) is -3.03. The van der Waals surface area contributed by atoms with E-state index in [1.807, 2.05) is 32.9 Å². The topological polar surface area (TPSA) is 112 Å². The van der Waals surface area contributed by atoms with E-state index < -0.39 is 7.40 Å². The number of rotatable bonds is 7. The van der Waals surface area contributed by atoms with E-state index in [-0.39, 0.29) is 17.0 Å². The number of allylic oxidation sites excluding steroid dienone is 3. The van der Waals surface area contributed by atoms with Crippen LogP contribution in [0.15, 0.2) is 88.6 Å². The van der Waals surface area contributed by atoms with Gasteiger partial charge in [0.05, 0.1) is 51.5 Å². The van der Waals surface area contributed by atoms with Crippen LogP contribution in [0.1, 0.15) is 73.9 Å². The number of aliphatic imine (C=N–C) groups is 1. The second-order valence-electron chi connectivity index (χ2n) is 11.7. The van der Waals surface area contributed by atoms with Gasteiger partial charge >= 0.3 is 7.40 Å². The van der Waals surface area contributed by atoms with Crippen molar-refractivity contribution in [1.82, 2.24) is 4.48 Å². The monoisotopic (exact) mass is 642 g/mol. The number of halogens is 2. The number of nitriles is 4. The normalized spacial score (nSPS) is 13.7. The molecule has 0 saturated heterocycles. The minimum atomic E-state index is -3.03. The van der Waals surface area contributed by atoms with E-state index in [1.54, 1.807) is 80.6 Å². The van der Waals surface area contributed by atoms with Crippen LogP contribution >= 0.6 is 0 Å². The van der Waals surface area contributed by atoms with Crippen molar-refractivity contribution in [1.29, 1.82) is 21.0 Å². The summed E-state index contributed by atoms with van der Waals surface area (Å²) in [4.78, 5) is 4.92. The zero-order chi connectivity index (χ0) is 35.4. The number of aryl methyl sites for hydroxylation is 3. The first-order valence-electron chi connectivity index (χ1n) is 15.4. The maximum absolute atomic E-state index is 15.4. The Hall–Kier alpha value is -6.55. The van der Waals surface area contributed by atoms with Crippen LogP contribution in [0.25, 0.3) is 23.8 Å². The highest BCUT2D eigenvalue weighted by atomic mass is 19.2. The maximum atomic E-state index is 15.4. The summed E-state index contributed by atoms with van der Waals surface area (Å²) in [6.07, 6.45) is 6.61. The molecule has 0 N–H and O–H groups in total. The third-order valence-electron chi connectivity index (χ3n) is 8.47. The van der Waals surface area contributed by atoms with Gasteiger partial charge < -0.3 is 4.48 Å². The minimum absolute atomic E-state index is 0.0277. The van der Waals surface area contributed by atoms with Crippen LogP contribution in [0.5, 0.6) is 0 Å². The van der Waals surface area contributed by atoms with Crippen molar-refractivity contribution < 1.29 is 8.63 Å². The van der Waals surface area contributed by atoms with Crippen LogP contribution in [0.2, 0.25) is 0 Å². The van der Waals surface area contributed by atoms with Crippen molar-refractivity contribution in [3.8, 4) is 24.3 Å². The molecule has 0 radical (unpaired) electrons. The molecule has 236 valence electrons. The molecule has 0 bridgehead atoms. The summed E-state index contributed by atoms with van der Waals surface area (Å²) in [5.41, 5.74) is 8.34. The molecule has 0 atom stereocenters. The molecule has 1 aliphatic rings. The molecule has 2 heterocycles. The lowest BCUT2D eigenvalue weighted by Crippen LogP contribution is -2.19. The average Bonchev–Trinajstić information content (AvgIpc) is 3.56. The Kier molecular flexibility index (Phi) is 9.70. The molecule has 0 aliphatic carbocycles. The van der Waals surface area contributed by atoms with Gasteiger partial charge in [-0.15, -0.1) is 0 Å². The Morgan fingerprint density at radius 2 is 1.24 bits per heavy atom. The molecule has 0 unspecified atom stereocenters. The van der Waals surface area contributed by atoms with Crippen LogP contribution in [0.4, 0.5) is 8.63 Å². The summed E-state index contributed by atoms with van der Waals surface area (Å²) < 4.78 is 31.6. The molecule has 4 aromatic rings. The number of aromatic nitrogens is 1. The van der Waals surface area contributed by atoms with E-state index in [9.17, 15) is 10.5 Å². The highest BCUT2D eigenvalue weighted by Crippen LogP contribution is 2.42. The molecule has 0 fully saturated rings. The molecule has 5 rings (SSSR count). The third-order valence-corrected chi connectivity index (χ3v) is 8.47. The van der Waals surface area contributed by atoms with Crippen molar-refractivity contribution in [2.24, 2.45) is 4.99 Å². The molecular weight excluding hydrogens is 613 g/mol. The predicted molar refractivity (Wildman–Crippen MR) is 190 cm³/mol. The van der Waals surface area contributed by atoms with Crippen LogP contribution in [-0.4, -0.2) is 17.6 Å². The van der Waals surface area contributed by atoms with E-state index in [4.69, 9.17) is 15.5 Å².